The lowest BCUT2D eigenvalue weighted by Crippen LogP contribution is -2.40. The summed E-state index contributed by atoms with van der Waals surface area (Å²) in [5, 5.41) is 20.2. The molecule has 0 amide bonds. The number of H-pyrrole nitrogens is 1. The van der Waals surface area contributed by atoms with E-state index >= 15 is 0 Å². The number of hydrogen-bond acceptors (Lipinski definition) is 5. The summed E-state index contributed by atoms with van der Waals surface area (Å²) < 4.78 is 8.13. The highest BCUT2D eigenvalue weighted by molar-refractivity contribution is 5.85. The predicted octanol–water partition coefficient (Wildman–Crippen LogP) is 1.89. The van der Waals surface area contributed by atoms with Crippen LogP contribution in [0, 0.1) is 0 Å². The fourth-order valence-electron chi connectivity index (χ4n) is 3.75. The molecule has 1 aliphatic carbocycles. The van der Waals surface area contributed by atoms with E-state index in [0.29, 0.717) is 12.5 Å². The first-order chi connectivity index (χ1) is 12.8. The van der Waals surface area contributed by atoms with Crippen molar-refractivity contribution in [2.45, 2.75) is 38.0 Å². The van der Waals surface area contributed by atoms with Crippen LogP contribution in [0.15, 0.2) is 30.5 Å². The third-order valence-corrected chi connectivity index (χ3v) is 5.26. The molecule has 2 aromatic heterocycles. The molecule has 1 fully saturated rings. The number of nitrogens with zero attached hydrogens (tertiary/aromatic N) is 4. The summed E-state index contributed by atoms with van der Waals surface area (Å²) in [7, 11) is 0. The maximum Gasteiger partial charge on any atom is 0.147 e. The molecule has 0 spiro atoms. The summed E-state index contributed by atoms with van der Waals surface area (Å²) in [6, 6.07) is 7.89. The summed E-state index contributed by atoms with van der Waals surface area (Å²) >= 11 is 0. The number of fused-ring (bicyclic) bond motifs is 2. The van der Waals surface area contributed by atoms with E-state index in [1.165, 1.54) is 12.8 Å². The molecule has 1 saturated carbocycles. The molecule has 0 bridgehead atoms. The lowest BCUT2D eigenvalue weighted by atomic mass is 10.2. The molecule has 1 aliphatic heterocycles. The predicted molar refractivity (Wildman–Crippen MR) is 97.1 cm³/mol. The third kappa shape index (κ3) is 2.97. The molecule has 2 N–H and O–H groups in total. The molecule has 1 aromatic carbocycles. The van der Waals surface area contributed by atoms with Crippen LogP contribution in [0.4, 0.5) is 0 Å². The minimum absolute atomic E-state index is 0.279. The number of rotatable bonds is 6. The molecule has 0 radical (unpaired) electrons. The topological polar surface area (TPSA) is 79.2 Å². The number of hydrogen-bond donors (Lipinski definition) is 2. The molecular formula is C19H23N5O2. The molecule has 3 aromatic rings. The van der Waals surface area contributed by atoms with Crippen molar-refractivity contribution < 1.29 is 9.84 Å². The van der Waals surface area contributed by atoms with Crippen molar-refractivity contribution in [2.75, 3.05) is 19.7 Å². The smallest absolute Gasteiger partial charge is 0.147 e. The molecule has 1 unspecified atom stereocenters. The second kappa shape index (κ2) is 6.41. The summed E-state index contributed by atoms with van der Waals surface area (Å²) in [6.07, 6.45) is 3.84. The third-order valence-electron chi connectivity index (χ3n) is 5.26. The van der Waals surface area contributed by atoms with Gasteiger partial charge in [-0.05, 0) is 31.0 Å². The van der Waals surface area contributed by atoms with Crippen molar-refractivity contribution in [1.82, 2.24) is 24.6 Å². The molecule has 26 heavy (non-hydrogen) atoms. The SMILES string of the molecule is OC(COc1cccc2[nH]ccc12)CN1CCn2c(nnc2C2CC2)C1. The second-order valence-corrected chi connectivity index (χ2v) is 7.30. The van der Waals surface area contributed by atoms with Gasteiger partial charge in [0.25, 0.3) is 0 Å². The molecule has 5 rings (SSSR count). The van der Waals surface area contributed by atoms with Crippen molar-refractivity contribution in [3.8, 4) is 5.75 Å². The van der Waals surface area contributed by atoms with Crippen LogP contribution in [0.5, 0.6) is 5.75 Å². The number of ether oxygens (including phenoxy) is 1. The maximum absolute atomic E-state index is 10.4. The van der Waals surface area contributed by atoms with Crippen LogP contribution in [0.2, 0.25) is 0 Å². The minimum Gasteiger partial charge on any atom is -0.490 e. The van der Waals surface area contributed by atoms with Crippen molar-refractivity contribution in [3.63, 3.8) is 0 Å². The fourth-order valence-corrected chi connectivity index (χ4v) is 3.75. The average molecular weight is 353 g/mol. The second-order valence-electron chi connectivity index (χ2n) is 7.30. The van der Waals surface area contributed by atoms with Gasteiger partial charge in [-0.15, -0.1) is 10.2 Å². The monoisotopic (exact) mass is 353 g/mol. The molecule has 7 heteroatoms. The Labute approximate surface area is 151 Å². The zero-order chi connectivity index (χ0) is 17.5. The summed E-state index contributed by atoms with van der Waals surface area (Å²) in [5.74, 6) is 3.60. The van der Waals surface area contributed by atoms with Crippen LogP contribution in [0.1, 0.15) is 30.4 Å². The Morgan fingerprint density at radius 2 is 2.15 bits per heavy atom. The van der Waals surface area contributed by atoms with Gasteiger partial charge in [-0.3, -0.25) is 4.90 Å². The Kier molecular flexibility index (Phi) is 3.90. The van der Waals surface area contributed by atoms with Crippen LogP contribution >= 0.6 is 0 Å². The Morgan fingerprint density at radius 1 is 1.23 bits per heavy atom. The van der Waals surface area contributed by atoms with Crippen molar-refractivity contribution >= 4 is 10.9 Å². The number of aliphatic hydroxyl groups excluding tert-OH is 1. The van der Waals surface area contributed by atoms with Crippen LogP contribution in [0.25, 0.3) is 10.9 Å². The Morgan fingerprint density at radius 3 is 3.04 bits per heavy atom. The highest BCUT2D eigenvalue weighted by Gasteiger charge is 2.32. The van der Waals surface area contributed by atoms with Gasteiger partial charge in [-0.1, -0.05) is 6.07 Å². The van der Waals surface area contributed by atoms with Gasteiger partial charge in [0.2, 0.25) is 0 Å². The number of aromatic nitrogens is 4. The highest BCUT2D eigenvalue weighted by Crippen LogP contribution is 2.39. The summed E-state index contributed by atoms with van der Waals surface area (Å²) in [6.45, 7) is 3.42. The Balaban J connectivity index is 1.18. The molecule has 3 heterocycles. The van der Waals surface area contributed by atoms with E-state index in [4.69, 9.17) is 4.74 Å². The van der Waals surface area contributed by atoms with E-state index in [1.54, 1.807) is 0 Å². The van der Waals surface area contributed by atoms with Crippen LogP contribution in [-0.4, -0.2) is 55.6 Å². The number of aromatic amines is 1. The largest absolute Gasteiger partial charge is 0.490 e. The van der Waals surface area contributed by atoms with E-state index in [2.05, 4.69) is 24.6 Å². The number of β-amino-alcohol motifs (C(OH)–C–C–N with tert-alkyl or cyclic N) is 1. The van der Waals surface area contributed by atoms with Gasteiger partial charge in [0.1, 0.15) is 30.1 Å². The molecule has 7 nitrogen and oxygen atoms in total. The van der Waals surface area contributed by atoms with Crippen LogP contribution < -0.4 is 4.74 Å². The Hall–Kier alpha value is -2.38. The van der Waals surface area contributed by atoms with Crippen molar-refractivity contribution in [2.24, 2.45) is 0 Å². The van der Waals surface area contributed by atoms with Crippen LogP contribution in [0.3, 0.4) is 0 Å². The summed E-state index contributed by atoms with van der Waals surface area (Å²) in [5.41, 5.74) is 1.04. The zero-order valence-corrected chi connectivity index (χ0v) is 14.6. The maximum atomic E-state index is 10.4. The van der Waals surface area contributed by atoms with E-state index in [0.717, 1.165) is 47.9 Å². The standard InChI is InChI=1S/C19H23N5O2/c25-14(12-26-17-3-1-2-16-15(17)6-7-20-16)10-23-8-9-24-18(11-23)21-22-19(24)13-4-5-13/h1-3,6-7,13-14,20,25H,4-5,8-12H2. The van der Waals surface area contributed by atoms with Gasteiger partial charge in [-0.2, -0.15) is 0 Å². The zero-order valence-electron chi connectivity index (χ0n) is 14.6. The van der Waals surface area contributed by atoms with Gasteiger partial charge < -0.3 is 19.4 Å². The van der Waals surface area contributed by atoms with Crippen LogP contribution in [-0.2, 0) is 13.1 Å². The molecule has 1 atom stereocenters. The Bertz CT molecular complexity index is 914. The van der Waals surface area contributed by atoms with E-state index in [9.17, 15) is 5.11 Å². The van der Waals surface area contributed by atoms with E-state index in [1.807, 2.05) is 30.5 Å². The fraction of sp³-hybridized carbons (Fsp3) is 0.474. The lowest BCUT2D eigenvalue weighted by Gasteiger charge is -2.29. The van der Waals surface area contributed by atoms with E-state index < -0.39 is 6.10 Å². The van der Waals surface area contributed by atoms with Gasteiger partial charge in [0.15, 0.2) is 0 Å². The molecule has 136 valence electrons. The number of nitrogens with one attached hydrogen (secondary N) is 1. The first-order valence-corrected chi connectivity index (χ1v) is 9.29. The molecular weight excluding hydrogens is 330 g/mol. The first kappa shape index (κ1) is 15.8. The quantitative estimate of drug-likeness (QED) is 0.707. The highest BCUT2D eigenvalue weighted by atomic mass is 16.5. The van der Waals surface area contributed by atoms with Crippen molar-refractivity contribution in [1.29, 1.82) is 0 Å². The van der Waals surface area contributed by atoms with E-state index in [-0.39, 0.29) is 6.61 Å². The number of aliphatic hydroxyl groups is 1. The summed E-state index contributed by atoms with van der Waals surface area (Å²) in [4.78, 5) is 5.40. The normalized spacial score (nSPS) is 18.8. The van der Waals surface area contributed by atoms with Crippen molar-refractivity contribution in [3.05, 3.63) is 42.1 Å². The average Bonchev–Trinajstić information content (AvgIpc) is 3.22. The van der Waals surface area contributed by atoms with Gasteiger partial charge in [0.05, 0.1) is 6.54 Å². The lowest BCUT2D eigenvalue weighted by molar-refractivity contribution is 0.0586. The van der Waals surface area contributed by atoms with Gasteiger partial charge in [0, 0.05) is 42.7 Å². The molecule has 0 saturated heterocycles. The first-order valence-electron chi connectivity index (χ1n) is 9.29. The minimum atomic E-state index is -0.540. The molecule has 2 aliphatic rings. The number of benzene rings is 1. The van der Waals surface area contributed by atoms with Gasteiger partial charge >= 0.3 is 0 Å². The van der Waals surface area contributed by atoms with Gasteiger partial charge in [-0.25, -0.2) is 0 Å².